The zero-order valence-electron chi connectivity index (χ0n) is 18.2. The zero-order valence-corrected chi connectivity index (χ0v) is 19.8. The van der Waals surface area contributed by atoms with Gasteiger partial charge in [0.05, 0.1) is 6.61 Å². The molecule has 1 fully saturated rings. The van der Waals surface area contributed by atoms with E-state index in [1.807, 2.05) is 0 Å². The van der Waals surface area contributed by atoms with Crippen LogP contribution in [0, 0.1) is 12.8 Å². The van der Waals surface area contributed by atoms with Crippen LogP contribution in [0.15, 0.2) is 48.1 Å². The third-order valence-corrected chi connectivity index (χ3v) is 6.60. The van der Waals surface area contributed by atoms with E-state index in [0.717, 1.165) is 17.6 Å². The minimum absolute atomic E-state index is 0.0852. The van der Waals surface area contributed by atoms with E-state index in [-0.39, 0.29) is 17.9 Å². The second kappa shape index (κ2) is 10.6. The molecule has 0 spiro atoms. The van der Waals surface area contributed by atoms with Crippen LogP contribution in [0.3, 0.4) is 0 Å². The quantitative estimate of drug-likeness (QED) is 0.213. The van der Waals surface area contributed by atoms with Gasteiger partial charge in [0.1, 0.15) is 16.0 Å². The Morgan fingerprint density at radius 3 is 2.71 bits per heavy atom. The summed E-state index contributed by atoms with van der Waals surface area (Å²) in [5, 5.41) is 11.8. The fourth-order valence-corrected chi connectivity index (χ4v) is 4.40. The molecule has 3 aromatic rings. The topological polar surface area (TPSA) is 68.9 Å². The highest BCUT2D eigenvalue weighted by Crippen LogP contribution is 2.37. The molecule has 1 aromatic carbocycles. The molecule has 6 nitrogen and oxygen atoms in total. The molecule has 180 valence electrons. The van der Waals surface area contributed by atoms with E-state index < -0.39 is 18.7 Å². The maximum absolute atomic E-state index is 12.9. The molecule has 4 rings (SSSR count). The van der Waals surface area contributed by atoms with Gasteiger partial charge in [0.15, 0.2) is 11.5 Å². The molecule has 2 heterocycles. The molecule has 1 unspecified atom stereocenters. The number of carbonyl (C=O) groups excluding carboxylic acids is 1. The number of pyridine rings is 1. The van der Waals surface area contributed by atoms with Crippen LogP contribution >= 0.6 is 22.9 Å². The van der Waals surface area contributed by atoms with Crippen molar-refractivity contribution < 1.29 is 37.7 Å². The molecule has 0 bridgehead atoms. The van der Waals surface area contributed by atoms with Gasteiger partial charge in [-0.1, -0.05) is 23.7 Å². The third-order valence-electron chi connectivity index (χ3n) is 5.42. The van der Waals surface area contributed by atoms with E-state index in [1.165, 1.54) is 29.8 Å². The number of halogens is 3. The zero-order chi connectivity index (χ0) is 24.2. The SMILES string of the molecule is Cc1c[n+](O)cc(Cl)c1CC(OC(=O)c1cccs1)c1ccc(OC(F)F)c(OCC2CC2)c1. The molecule has 34 heavy (non-hydrogen) atoms. The smallest absolute Gasteiger partial charge is 0.387 e. The van der Waals surface area contributed by atoms with E-state index >= 15 is 0 Å². The van der Waals surface area contributed by atoms with E-state index in [1.54, 1.807) is 36.6 Å². The lowest BCUT2D eigenvalue weighted by atomic mass is 9.98. The molecule has 0 radical (unpaired) electrons. The first kappa shape index (κ1) is 24.2. The van der Waals surface area contributed by atoms with Gasteiger partial charge in [-0.25, -0.2) is 4.79 Å². The maximum Gasteiger partial charge on any atom is 0.387 e. The Morgan fingerprint density at radius 1 is 1.26 bits per heavy atom. The Kier molecular flexibility index (Phi) is 7.53. The van der Waals surface area contributed by atoms with Gasteiger partial charge in [-0.2, -0.15) is 8.78 Å². The summed E-state index contributed by atoms with van der Waals surface area (Å²) < 4.78 is 43.0. The number of hydrogen-bond acceptors (Lipinski definition) is 6. The van der Waals surface area contributed by atoms with E-state index in [4.69, 9.17) is 21.1 Å². The number of aromatic nitrogens is 1. The lowest BCUT2D eigenvalue weighted by Crippen LogP contribution is -2.30. The number of aryl methyl sites for hydroxylation is 1. The number of esters is 1. The number of rotatable bonds is 10. The van der Waals surface area contributed by atoms with Crippen LogP contribution in [-0.2, 0) is 11.2 Å². The summed E-state index contributed by atoms with van der Waals surface area (Å²) in [6, 6.07) is 7.91. The largest absolute Gasteiger partial charge is 0.489 e. The van der Waals surface area contributed by atoms with Gasteiger partial charge in [-0.3, -0.25) is 5.21 Å². The van der Waals surface area contributed by atoms with Crippen LogP contribution in [-0.4, -0.2) is 24.4 Å². The van der Waals surface area contributed by atoms with E-state index in [9.17, 15) is 18.8 Å². The van der Waals surface area contributed by atoms with Gasteiger partial charge in [0, 0.05) is 16.7 Å². The average Bonchev–Trinajstić information content (AvgIpc) is 3.44. The minimum Gasteiger partial charge on any atom is -0.489 e. The number of ether oxygens (including phenoxy) is 3. The van der Waals surface area contributed by atoms with Crippen molar-refractivity contribution >= 4 is 28.9 Å². The highest BCUT2D eigenvalue weighted by atomic mass is 35.5. The molecule has 10 heteroatoms. The van der Waals surface area contributed by atoms with Crippen LogP contribution in [0.2, 0.25) is 5.02 Å². The molecule has 2 aromatic heterocycles. The summed E-state index contributed by atoms with van der Waals surface area (Å²) in [5.41, 5.74) is 1.90. The molecule has 0 aliphatic heterocycles. The van der Waals surface area contributed by atoms with Gasteiger partial charge >= 0.3 is 12.6 Å². The first-order valence-corrected chi connectivity index (χ1v) is 11.9. The van der Waals surface area contributed by atoms with Crippen LogP contribution in [0.5, 0.6) is 11.5 Å². The first-order chi connectivity index (χ1) is 16.3. The van der Waals surface area contributed by atoms with Crippen LogP contribution in [0.4, 0.5) is 8.78 Å². The Labute approximate surface area is 204 Å². The van der Waals surface area contributed by atoms with Crippen molar-refractivity contribution in [2.24, 2.45) is 5.92 Å². The van der Waals surface area contributed by atoms with Crippen LogP contribution < -0.4 is 14.2 Å². The van der Waals surface area contributed by atoms with Gasteiger partial charge in [0.2, 0.25) is 12.4 Å². The molecule has 1 aliphatic carbocycles. The number of alkyl halides is 2. The van der Waals surface area contributed by atoms with Crippen molar-refractivity contribution in [3.63, 3.8) is 0 Å². The van der Waals surface area contributed by atoms with Gasteiger partial charge in [-0.15, -0.1) is 11.3 Å². The summed E-state index contributed by atoms with van der Waals surface area (Å²) >= 11 is 7.61. The monoisotopic (exact) mass is 510 g/mol. The van der Waals surface area contributed by atoms with Crippen LogP contribution in [0.1, 0.15) is 45.3 Å². The lowest BCUT2D eigenvalue weighted by molar-refractivity contribution is -0.905. The fraction of sp³-hybridized carbons (Fsp3) is 0.333. The number of benzene rings is 1. The highest BCUT2D eigenvalue weighted by Gasteiger charge is 2.26. The standard InChI is InChI=1S/C24H23ClF2NO5S/c1-14-11-28(30)12-18(25)17(14)10-20(32-23(29)22-3-2-8-34-22)16-6-7-19(33-24(26)27)21(9-16)31-13-15-4-5-15/h2-3,6-9,11-12,15,20,24,30H,4-5,10,13H2,1H3/q+1. The molecule has 0 saturated heterocycles. The number of hydrogen-bond donors (Lipinski definition) is 1. The number of thiophene rings is 1. The molecular formula is C24H23ClF2NO5S+. The normalized spacial score (nSPS) is 14.1. The van der Waals surface area contributed by atoms with E-state index in [0.29, 0.717) is 39.1 Å². The van der Waals surface area contributed by atoms with Crippen molar-refractivity contribution in [1.29, 1.82) is 0 Å². The van der Waals surface area contributed by atoms with Gasteiger partial charge < -0.3 is 14.2 Å². The number of carbonyl (C=O) groups is 1. The van der Waals surface area contributed by atoms with Crippen molar-refractivity contribution in [2.75, 3.05) is 6.61 Å². The summed E-state index contributed by atoms with van der Waals surface area (Å²) in [6.45, 7) is -0.837. The van der Waals surface area contributed by atoms with Gasteiger partial charge in [-0.05, 0) is 60.4 Å². The maximum atomic E-state index is 12.9. The summed E-state index contributed by atoms with van der Waals surface area (Å²) in [6.07, 6.45) is 4.28. The van der Waals surface area contributed by atoms with Crippen LogP contribution in [0.25, 0.3) is 0 Å². The average molecular weight is 511 g/mol. The first-order valence-electron chi connectivity index (χ1n) is 10.7. The molecule has 1 aliphatic rings. The molecule has 0 amide bonds. The predicted molar refractivity (Wildman–Crippen MR) is 121 cm³/mol. The van der Waals surface area contributed by atoms with Crippen molar-refractivity contribution in [3.8, 4) is 11.5 Å². The Hall–Kier alpha value is -2.91. The van der Waals surface area contributed by atoms with Crippen molar-refractivity contribution in [2.45, 2.75) is 38.9 Å². The van der Waals surface area contributed by atoms with Crippen molar-refractivity contribution in [3.05, 3.63) is 74.7 Å². The Balaban J connectivity index is 1.68. The Bertz CT molecular complexity index is 1130. The molecular weight excluding hydrogens is 488 g/mol. The molecule has 1 N–H and O–H groups in total. The summed E-state index contributed by atoms with van der Waals surface area (Å²) in [7, 11) is 0. The summed E-state index contributed by atoms with van der Waals surface area (Å²) in [4.78, 5) is 13.2. The predicted octanol–water partition coefficient (Wildman–Crippen LogP) is 5.77. The fourth-order valence-electron chi connectivity index (χ4n) is 3.47. The molecule has 1 atom stereocenters. The highest BCUT2D eigenvalue weighted by molar-refractivity contribution is 7.11. The van der Waals surface area contributed by atoms with Gasteiger partial charge in [0.25, 0.3) is 0 Å². The third kappa shape index (κ3) is 6.15. The Morgan fingerprint density at radius 2 is 2.06 bits per heavy atom. The summed E-state index contributed by atoms with van der Waals surface area (Å²) in [5.74, 6) is -0.0503. The lowest BCUT2D eigenvalue weighted by Gasteiger charge is -2.21. The van der Waals surface area contributed by atoms with E-state index in [2.05, 4.69) is 4.74 Å². The molecule has 1 saturated carbocycles. The second-order valence-electron chi connectivity index (χ2n) is 8.06. The minimum atomic E-state index is -3.00. The second-order valence-corrected chi connectivity index (χ2v) is 9.42. The van der Waals surface area contributed by atoms with Crippen molar-refractivity contribution in [1.82, 2.24) is 0 Å². The number of nitrogens with zero attached hydrogens (tertiary/aromatic N) is 1.